The summed E-state index contributed by atoms with van der Waals surface area (Å²) in [4.78, 5) is 11.2. The van der Waals surface area contributed by atoms with Gasteiger partial charge in [0.25, 0.3) is 0 Å². The molecule has 3 N–H and O–H groups in total. The van der Waals surface area contributed by atoms with Crippen LogP contribution in [0.15, 0.2) is 53.4 Å². The molecule has 0 amide bonds. The Morgan fingerprint density at radius 2 is 1.48 bits per heavy atom. The average Bonchev–Trinajstić information content (AvgIpc) is 2.59. The zero-order valence-electron chi connectivity index (χ0n) is 14.0. The number of sulfonamides is 1. The van der Waals surface area contributed by atoms with Gasteiger partial charge in [0.05, 0.1) is 11.5 Å². The maximum Gasteiger partial charge on any atom is 0.322 e. The molecule has 0 bridgehead atoms. The Morgan fingerprint density at radius 3 is 1.88 bits per heavy atom. The van der Waals surface area contributed by atoms with Crippen LogP contribution in [0.2, 0.25) is 0 Å². The molecule has 7 heteroatoms. The van der Waals surface area contributed by atoms with Gasteiger partial charge < -0.3 is 10.2 Å². The minimum Gasteiger partial charge on any atom is -0.480 e. The van der Waals surface area contributed by atoms with Gasteiger partial charge >= 0.3 is 5.97 Å². The van der Waals surface area contributed by atoms with E-state index in [-0.39, 0.29) is 17.4 Å². The summed E-state index contributed by atoms with van der Waals surface area (Å²) >= 11 is 0. The lowest BCUT2D eigenvalue weighted by molar-refractivity contribution is -0.140. The highest BCUT2D eigenvalue weighted by atomic mass is 32.2. The molecule has 0 aliphatic carbocycles. The van der Waals surface area contributed by atoms with E-state index in [4.69, 9.17) is 10.2 Å². The van der Waals surface area contributed by atoms with Crippen LogP contribution in [0.25, 0.3) is 11.1 Å². The van der Waals surface area contributed by atoms with Crippen LogP contribution in [0.1, 0.15) is 19.4 Å². The predicted molar refractivity (Wildman–Crippen MR) is 94.4 cm³/mol. The molecule has 0 spiro atoms. The number of hydrogen-bond acceptors (Lipinski definition) is 4. The van der Waals surface area contributed by atoms with Crippen LogP contribution in [0.5, 0.6) is 0 Å². The minimum atomic E-state index is -3.92. The van der Waals surface area contributed by atoms with E-state index in [1.165, 1.54) is 12.1 Å². The summed E-state index contributed by atoms with van der Waals surface area (Å²) in [6.45, 7) is 3.24. The molecule has 0 saturated heterocycles. The molecular formula is C18H21NO5S. The summed E-state index contributed by atoms with van der Waals surface area (Å²) in [5.41, 5.74) is 2.50. The second-order valence-electron chi connectivity index (χ2n) is 6.06. The molecule has 0 heterocycles. The summed E-state index contributed by atoms with van der Waals surface area (Å²) in [7, 11) is -3.92. The highest BCUT2D eigenvalue weighted by Gasteiger charge is 2.27. The largest absolute Gasteiger partial charge is 0.480 e. The zero-order valence-corrected chi connectivity index (χ0v) is 14.8. The molecule has 25 heavy (non-hydrogen) atoms. The summed E-state index contributed by atoms with van der Waals surface area (Å²) < 4.78 is 27.0. The van der Waals surface area contributed by atoms with Gasteiger partial charge in [-0.2, -0.15) is 4.72 Å². The maximum absolute atomic E-state index is 12.4. The fourth-order valence-corrected chi connectivity index (χ4v) is 3.67. The number of carbonyl (C=O) groups is 1. The van der Waals surface area contributed by atoms with Crippen molar-refractivity contribution in [1.82, 2.24) is 4.72 Å². The van der Waals surface area contributed by atoms with Crippen molar-refractivity contribution in [3.8, 4) is 11.1 Å². The van der Waals surface area contributed by atoms with Crippen LogP contribution in [0.4, 0.5) is 0 Å². The quantitative estimate of drug-likeness (QED) is 0.700. The van der Waals surface area contributed by atoms with Crippen molar-refractivity contribution in [3.63, 3.8) is 0 Å². The van der Waals surface area contributed by atoms with Gasteiger partial charge in [0.1, 0.15) is 6.04 Å². The molecular weight excluding hydrogens is 342 g/mol. The number of carboxylic acid groups (broad SMARTS) is 1. The normalized spacial score (nSPS) is 13.0. The number of hydrogen-bond donors (Lipinski definition) is 3. The van der Waals surface area contributed by atoms with E-state index in [2.05, 4.69) is 4.72 Å². The van der Waals surface area contributed by atoms with E-state index in [9.17, 15) is 13.2 Å². The lowest BCUT2D eigenvalue weighted by Gasteiger charge is -2.18. The highest BCUT2D eigenvalue weighted by molar-refractivity contribution is 7.89. The van der Waals surface area contributed by atoms with Gasteiger partial charge in [-0.3, -0.25) is 4.79 Å². The SMILES string of the molecule is CC(C)[C@@H](NS(=O)(=O)c1ccc(-c2ccc(CO)cc2)cc1)C(=O)O. The fourth-order valence-electron chi connectivity index (χ4n) is 2.34. The second-order valence-corrected chi connectivity index (χ2v) is 7.77. The van der Waals surface area contributed by atoms with Crippen molar-refractivity contribution in [2.45, 2.75) is 31.4 Å². The van der Waals surface area contributed by atoms with Gasteiger partial charge in [-0.1, -0.05) is 50.2 Å². The number of rotatable bonds is 7. The van der Waals surface area contributed by atoms with Gasteiger partial charge in [0.2, 0.25) is 10.0 Å². The lowest BCUT2D eigenvalue weighted by atomic mass is 10.0. The van der Waals surface area contributed by atoms with Gasteiger partial charge in [-0.05, 0) is 34.7 Å². The van der Waals surface area contributed by atoms with Gasteiger partial charge in [-0.25, -0.2) is 8.42 Å². The van der Waals surface area contributed by atoms with Crippen LogP contribution in [0, 0.1) is 5.92 Å². The van der Waals surface area contributed by atoms with Crippen LogP contribution >= 0.6 is 0 Å². The van der Waals surface area contributed by atoms with Crippen molar-refractivity contribution >= 4 is 16.0 Å². The number of carboxylic acids is 1. The number of benzene rings is 2. The monoisotopic (exact) mass is 363 g/mol. The number of aliphatic carboxylic acids is 1. The van der Waals surface area contributed by atoms with Crippen molar-refractivity contribution in [1.29, 1.82) is 0 Å². The first-order valence-corrected chi connectivity index (χ1v) is 9.28. The van der Waals surface area contributed by atoms with Gasteiger partial charge in [0.15, 0.2) is 0 Å². The van der Waals surface area contributed by atoms with E-state index >= 15 is 0 Å². The minimum absolute atomic E-state index is 0.00938. The smallest absolute Gasteiger partial charge is 0.322 e. The van der Waals surface area contributed by atoms with E-state index in [0.717, 1.165) is 16.7 Å². The molecule has 134 valence electrons. The Bertz CT molecular complexity index is 827. The third-order valence-electron chi connectivity index (χ3n) is 3.85. The third kappa shape index (κ3) is 4.66. The zero-order chi connectivity index (χ0) is 18.6. The Hall–Kier alpha value is -2.22. The third-order valence-corrected chi connectivity index (χ3v) is 5.31. The molecule has 0 aromatic heterocycles. The Balaban J connectivity index is 2.24. The summed E-state index contributed by atoms with van der Waals surface area (Å²) in [6, 6.07) is 12.3. The summed E-state index contributed by atoms with van der Waals surface area (Å²) in [5.74, 6) is -1.59. The molecule has 0 aliphatic heterocycles. The van der Waals surface area contributed by atoms with Crippen LogP contribution < -0.4 is 4.72 Å². The second kappa shape index (κ2) is 7.77. The average molecular weight is 363 g/mol. The van der Waals surface area contributed by atoms with E-state index < -0.39 is 22.0 Å². The van der Waals surface area contributed by atoms with Crippen LogP contribution in [-0.2, 0) is 21.4 Å². The molecule has 2 aromatic carbocycles. The summed E-state index contributed by atoms with van der Waals surface area (Å²) in [5, 5.41) is 18.2. The van der Waals surface area contributed by atoms with Gasteiger partial charge in [-0.15, -0.1) is 0 Å². The first kappa shape index (κ1) is 19.1. The molecule has 2 rings (SSSR count). The predicted octanol–water partition coefficient (Wildman–Crippen LogP) is 2.23. The molecule has 0 fully saturated rings. The van der Waals surface area contributed by atoms with Crippen LogP contribution in [0.3, 0.4) is 0 Å². The number of aliphatic hydroxyl groups is 1. The Morgan fingerprint density at radius 1 is 1.00 bits per heavy atom. The Kier molecular flexibility index (Phi) is 5.94. The molecule has 0 radical (unpaired) electrons. The van der Waals surface area contributed by atoms with Crippen molar-refractivity contribution in [2.24, 2.45) is 5.92 Å². The molecule has 1 atom stereocenters. The topological polar surface area (TPSA) is 104 Å². The summed E-state index contributed by atoms with van der Waals surface area (Å²) in [6.07, 6.45) is 0. The molecule has 0 aliphatic rings. The van der Waals surface area contributed by atoms with E-state index in [1.54, 1.807) is 38.1 Å². The lowest BCUT2D eigenvalue weighted by Crippen LogP contribution is -2.44. The first-order valence-electron chi connectivity index (χ1n) is 7.80. The van der Waals surface area contributed by atoms with Crippen molar-refractivity contribution in [2.75, 3.05) is 0 Å². The van der Waals surface area contributed by atoms with Crippen molar-refractivity contribution < 1.29 is 23.4 Å². The molecule has 2 aromatic rings. The fraction of sp³-hybridized carbons (Fsp3) is 0.278. The number of aliphatic hydroxyl groups excluding tert-OH is 1. The first-order chi connectivity index (χ1) is 11.7. The maximum atomic E-state index is 12.4. The Labute approximate surface area is 147 Å². The van der Waals surface area contributed by atoms with Gasteiger partial charge in [0, 0.05) is 0 Å². The molecule has 0 saturated carbocycles. The standard InChI is InChI=1S/C18H21NO5S/c1-12(2)17(18(21)22)19-25(23,24)16-9-7-15(8-10-16)14-5-3-13(11-20)4-6-14/h3-10,12,17,19-20H,11H2,1-2H3,(H,21,22)/t17-/m1/s1. The number of nitrogens with one attached hydrogen (secondary N) is 1. The van der Waals surface area contributed by atoms with E-state index in [0.29, 0.717) is 0 Å². The van der Waals surface area contributed by atoms with E-state index in [1.807, 2.05) is 12.1 Å². The van der Waals surface area contributed by atoms with Crippen LogP contribution in [-0.4, -0.2) is 30.6 Å². The van der Waals surface area contributed by atoms with Crippen molar-refractivity contribution in [3.05, 3.63) is 54.1 Å². The molecule has 0 unspecified atom stereocenters. The molecule has 6 nitrogen and oxygen atoms in total. The highest BCUT2D eigenvalue weighted by Crippen LogP contribution is 2.22.